The van der Waals surface area contributed by atoms with Crippen LogP contribution in [0.2, 0.25) is 0 Å². The van der Waals surface area contributed by atoms with Gasteiger partial charge in [-0.1, -0.05) is 43.5 Å². The highest BCUT2D eigenvalue weighted by molar-refractivity contribution is 5.70. The molecule has 1 aliphatic rings. The first-order valence-electron chi connectivity index (χ1n) is 9.46. The second-order valence-corrected chi connectivity index (χ2v) is 7.46. The number of imidazole rings is 1. The van der Waals surface area contributed by atoms with E-state index in [0.29, 0.717) is 5.92 Å². The minimum absolute atomic E-state index is 0.569. The fraction of sp³-hybridized carbons (Fsp3) is 0.409. The smallest absolute Gasteiger partial charge is 0.141 e. The van der Waals surface area contributed by atoms with Crippen LogP contribution in [0.3, 0.4) is 0 Å². The predicted octanol–water partition coefficient (Wildman–Crippen LogP) is 6.05. The summed E-state index contributed by atoms with van der Waals surface area (Å²) < 4.78 is 2.24. The van der Waals surface area contributed by atoms with Crippen LogP contribution >= 0.6 is 0 Å². The average molecular weight is 333 g/mol. The van der Waals surface area contributed by atoms with Gasteiger partial charge in [0.05, 0.1) is 5.69 Å². The molecule has 1 N–H and O–H groups in total. The van der Waals surface area contributed by atoms with Gasteiger partial charge in [0.1, 0.15) is 11.5 Å². The van der Waals surface area contributed by atoms with Crippen molar-refractivity contribution in [2.45, 2.75) is 58.8 Å². The molecule has 0 spiro atoms. The summed E-state index contributed by atoms with van der Waals surface area (Å²) in [6, 6.07) is 10.7. The van der Waals surface area contributed by atoms with Crippen molar-refractivity contribution in [1.82, 2.24) is 9.38 Å². The molecule has 2 heterocycles. The summed E-state index contributed by atoms with van der Waals surface area (Å²) >= 11 is 0. The molecule has 3 nitrogen and oxygen atoms in total. The van der Waals surface area contributed by atoms with Crippen LogP contribution in [0.4, 0.5) is 11.5 Å². The molecule has 2 aromatic heterocycles. The highest BCUT2D eigenvalue weighted by atomic mass is 15.1. The summed E-state index contributed by atoms with van der Waals surface area (Å²) in [4.78, 5) is 5.09. The number of rotatable bonds is 3. The van der Waals surface area contributed by atoms with Crippen LogP contribution < -0.4 is 5.32 Å². The first-order valence-corrected chi connectivity index (χ1v) is 9.46. The van der Waals surface area contributed by atoms with Gasteiger partial charge in [-0.3, -0.25) is 4.40 Å². The first kappa shape index (κ1) is 16.2. The molecule has 0 bridgehead atoms. The quantitative estimate of drug-likeness (QED) is 0.632. The van der Waals surface area contributed by atoms with Crippen molar-refractivity contribution in [1.29, 1.82) is 0 Å². The first-order chi connectivity index (χ1) is 12.1. The number of pyridine rings is 1. The Balaban J connectivity index is 1.87. The van der Waals surface area contributed by atoms with E-state index in [2.05, 4.69) is 67.0 Å². The molecule has 0 unspecified atom stereocenters. The second-order valence-electron chi connectivity index (χ2n) is 7.46. The number of hydrogen-bond donors (Lipinski definition) is 1. The molecule has 130 valence electrons. The summed E-state index contributed by atoms with van der Waals surface area (Å²) in [5.74, 6) is 1.72. The number of anilines is 2. The molecule has 3 aromatic rings. The van der Waals surface area contributed by atoms with Crippen LogP contribution in [-0.4, -0.2) is 9.38 Å². The van der Waals surface area contributed by atoms with E-state index in [1.165, 1.54) is 60.2 Å². The minimum Gasteiger partial charge on any atom is -0.339 e. The van der Waals surface area contributed by atoms with Crippen molar-refractivity contribution in [2.75, 3.05) is 5.32 Å². The number of aromatic nitrogens is 2. The molecule has 0 aliphatic heterocycles. The Labute approximate surface area is 150 Å². The number of nitrogens with one attached hydrogen (secondary N) is 1. The SMILES string of the molecule is Cc1cccc(C)c1Nc1c(C2CCCCC2)nc2c(C)cccn12. The van der Waals surface area contributed by atoms with Gasteiger partial charge in [0.2, 0.25) is 0 Å². The van der Waals surface area contributed by atoms with Crippen molar-refractivity contribution in [3.63, 3.8) is 0 Å². The van der Waals surface area contributed by atoms with Crippen molar-refractivity contribution in [3.05, 3.63) is 58.9 Å². The fourth-order valence-corrected chi connectivity index (χ4v) is 4.14. The van der Waals surface area contributed by atoms with Gasteiger partial charge in [0.15, 0.2) is 0 Å². The van der Waals surface area contributed by atoms with Crippen molar-refractivity contribution in [2.24, 2.45) is 0 Å². The van der Waals surface area contributed by atoms with Crippen LogP contribution in [0.1, 0.15) is 60.4 Å². The molecule has 0 atom stereocenters. The van der Waals surface area contributed by atoms with Crippen molar-refractivity contribution >= 4 is 17.2 Å². The molecular formula is C22H27N3. The van der Waals surface area contributed by atoms with Gasteiger partial charge in [0.25, 0.3) is 0 Å². The zero-order valence-corrected chi connectivity index (χ0v) is 15.5. The van der Waals surface area contributed by atoms with Gasteiger partial charge in [0, 0.05) is 17.8 Å². The normalized spacial score (nSPS) is 15.6. The van der Waals surface area contributed by atoms with Gasteiger partial charge in [-0.25, -0.2) is 4.98 Å². The summed E-state index contributed by atoms with van der Waals surface area (Å²) in [5, 5.41) is 3.76. The van der Waals surface area contributed by atoms with Gasteiger partial charge < -0.3 is 5.32 Å². The van der Waals surface area contributed by atoms with Crippen molar-refractivity contribution in [3.8, 4) is 0 Å². The Bertz CT molecular complexity index is 881. The zero-order valence-electron chi connectivity index (χ0n) is 15.5. The Hall–Kier alpha value is -2.29. The maximum Gasteiger partial charge on any atom is 0.141 e. The molecule has 0 radical (unpaired) electrons. The van der Waals surface area contributed by atoms with Crippen molar-refractivity contribution < 1.29 is 0 Å². The maximum atomic E-state index is 5.09. The average Bonchev–Trinajstić information content (AvgIpc) is 2.99. The van der Waals surface area contributed by atoms with Crippen LogP contribution in [0.15, 0.2) is 36.5 Å². The summed E-state index contributed by atoms with van der Waals surface area (Å²) in [7, 11) is 0. The van der Waals surface area contributed by atoms with Crippen LogP contribution in [0.5, 0.6) is 0 Å². The predicted molar refractivity (Wildman–Crippen MR) is 105 cm³/mol. The lowest BCUT2D eigenvalue weighted by atomic mass is 9.87. The van der Waals surface area contributed by atoms with Gasteiger partial charge in [-0.2, -0.15) is 0 Å². The minimum atomic E-state index is 0.569. The van der Waals surface area contributed by atoms with Crippen LogP contribution in [-0.2, 0) is 0 Å². The standard InChI is InChI=1S/C22H27N3/c1-15-9-7-10-16(2)19(15)23-22-20(18-12-5-4-6-13-18)24-21-17(3)11-8-14-25(21)22/h7-11,14,18,23H,4-6,12-13H2,1-3H3. The lowest BCUT2D eigenvalue weighted by Crippen LogP contribution is -2.08. The third-order valence-electron chi connectivity index (χ3n) is 5.59. The molecule has 1 aromatic carbocycles. The van der Waals surface area contributed by atoms with E-state index in [1.807, 2.05) is 0 Å². The summed E-state index contributed by atoms with van der Waals surface area (Å²) in [6.45, 7) is 6.49. The molecule has 3 heteroatoms. The largest absolute Gasteiger partial charge is 0.339 e. The molecule has 1 saturated carbocycles. The van der Waals surface area contributed by atoms with Gasteiger partial charge in [-0.15, -0.1) is 0 Å². The molecule has 1 aliphatic carbocycles. The topological polar surface area (TPSA) is 29.3 Å². The third kappa shape index (κ3) is 2.92. The van der Waals surface area contributed by atoms with E-state index in [-0.39, 0.29) is 0 Å². The highest BCUT2D eigenvalue weighted by Gasteiger charge is 2.24. The third-order valence-corrected chi connectivity index (χ3v) is 5.59. The number of benzene rings is 1. The maximum absolute atomic E-state index is 5.09. The highest BCUT2D eigenvalue weighted by Crippen LogP contribution is 2.38. The number of hydrogen-bond acceptors (Lipinski definition) is 2. The number of para-hydroxylation sites is 1. The number of aryl methyl sites for hydroxylation is 3. The molecule has 0 amide bonds. The Morgan fingerprint density at radius 2 is 1.60 bits per heavy atom. The molecule has 1 fully saturated rings. The van der Waals surface area contributed by atoms with Gasteiger partial charge >= 0.3 is 0 Å². The fourth-order valence-electron chi connectivity index (χ4n) is 4.14. The zero-order chi connectivity index (χ0) is 17.4. The Morgan fingerprint density at radius 3 is 2.32 bits per heavy atom. The number of nitrogens with zero attached hydrogens (tertiary/aromatic N) is 2. The number of fused-ring (bicyclic) bond motifs is 1. The van der Waals surface area contributed by atoms with E-state index in [1.54, 1.807) is 0 Å². The van der Waals surface area contributed by atoms with E-state index in [9.17, 15) is 0 Å². The van der Waals surface area contributed by atoms with Gasteiger partial charge in [-0.05, 0) is 56.4 Å². The second kappa shape index (κ2) is 6.55. The lowest BCUT2D eigenvalue weighted by Gasteiger charge is -2.22. The molecule has 25 heavy (non-hydrogen) atoms. The molecule has 0 saturated heterocycles. The lowest BCUT2D eigenvalue weighted by molar-refractivity contribution is 0.439. The summed E-state index contributed by atoms with van der Waals surface area (Å²) in [5.41, 5.74) is 7.32. The monoisotopic (exact) mass is 333 g/mol. The van der Waals surface area contributed by atoms with Crippen LogP contribution in [0.25, 0.3) is 5.65 Å². The summed E-state index contributed by atoms with van der Waals surface area (Å²) in [6.07, 6.45) is 8.65. The van der Waals surface area contributed by atoms with E-state index in [4.69, 9.17) is 4.98 Å². The van der Waals surface area contributed by atoms with Crippen LogP contribution in [0, 0.1) is 20.8 Å². The molecular weight excluding hydrogens is 306 g/mol. The van der Waals surface area contributed by atoms with E-state index < -0.39 is 0 Å². The van der Waals surface area contributed by atoms with E-state index in [0.717, 1.165) is 11.5 Å². The Morgan fingerprint density at radius 1 is 0.920 bits per heavy atom. The molecule has 4 rings (SSSR count). The Kier molecular flexibility index (Phi) is 4.24. The van der Waals surface area contributed by atoms with E-state index >= 15 is 0 Å².